The lowest BCUT2D eigenvalue weighted by molar-refractivity contribution is 0.00811. The van der Waals surface area contributed by atoms with Crippen LogP contribution in [0.2, 0.25) is 6.04 Å². The van der Waals surface area contributed by atoms with Crippen LogP contribution in [-0.4, -0.2) is 41.0 Å². The van der Waals surface area contributed by atoms with Crippen LogP contribution in [0.3, 0.4) is 0 Å². The van der Waals surface area contributed by atoms with Crippen molar-refractivity contribution in [3.63, 3.8) is 0 Å². The second kappa shape index (κ2) is 6.68. The topological polar surface area (TPSA) is 73.9 Å². The molecule has 0 fully saturated rings. The molecule has 0 heterocycles. The Bertz CT molecular complexity index is 183. The molecule has 0 saturated heterocycles. The van der Waals surface area contributed by atoms with Gasteiger partial charge in [0.2, 0.25) is 0 Å². The lowest BCUT2D eigenvalue weighted by atomic mass is 9.96. The van der Waals surface area contributed by atoms with Crippen LogP contribution >= 0.6 is 0 Å². The molecule has 0 aliphatic carbocycles. The largest absolute Gasteiger partial charge is 0.500 e. The highest BCUT2D eigenvalue weighted by molar-refractivity contribution is 6.60. The van der Waals surface area contributed by atoms with E-state index in [1.807, 2.05) is 6.92 Å². The summed E-state index contributed by atoms with van der Waals surface area (Å²) in [7, 11) is 2.33. The molecule has 0 rings (SSSR count). The van der Waals surface area contributed by atoms with Crippen molar-refractivity contribution in [2.45, 2.75) is 38.5 Å². The van der Waals surface area contributed by atoms with Gasteiger partial charge in [-0.15, -0.1) is 0 Å². The highest BCUT2D eigenvalue weighted by Gasteiger charge is 2.37. The summed E-state index contributed by atoms with van der Waals surface area (Å²) < 4.78 is 15.9. The number of aliphatic hydroxyl groups is 1. The molecule has 0 bridgehead atoms. The van der Waals surface area contributed by atoms with E-state index in [1.54, 1.807) is 28.3 Å². The molecule has 0 aromatic heterocycles. The van der Waals surface area contributed by atoms with E-state index in [-0.39, 0.29) is 5.92 Å². The van der Waals surface area contributed by atoms with Crippen molar-refractivity contribution in [2.24, 2.45) is 11.7 Å². The summed E-state index contributed by atoms with van der Waals surface area (Å²) in [5, 5.41) is 9.58. The second-order valence-corrected chi connectivity index (χ2v) is 7.41. The Morgan fingerprint density at radius 2 is 1.69 bits per heavy atom. The van der Waals surface area contributed by atoms with E-state index in [2.05, 4.69) is 0 Å². The number of rotatable bonds is 8. The van der Waals surface area contributed by atoms with E-state index >= 15 is 0 Å². The van der Waals surface area contributed by atoms with E-state index in [9.17, 15) is 5.11 Å². The van der Waals surface area contributed by atoms with Gasteiger partial charge in [-0.1, -0.05) is 6.92 Å². The van der Waals surface area contributed by atoms with Crippen molar-refractivity contribution in [3.05, 3.63) is 0 Å². The van der Waals surface area contributed by atoms with Crippen LogP contribution in [0.5, 0.6) is 0 Å². The Morgan fingerprint density at radius 3 is 2.00 bits per heavy atom. The molecule has 0 aromatic carbocycles. The fraction of sp³-hybridized carbons (Fsp3) is 1.00. The molecule has 0 aliphatic heterocycles. The monoisotopic (exact) mass is 251 g/mol. The average Bonchev–Trinajstić information content (AvgIpc) is 2.23. The molecule has 0 spiro atoms. The molecule has 0 saturated carbocycles. The van der Waals surface area contributed by atoms with Gasteiger partial charge in [-0.05, 0) is 25.7 Å². The summed E-state index contributed by atoms with van der Waals surface area (Å²) in [5.74, 6) is 0.0322. The molecule has 2 unspecified atom stereocenters. The molecule has 0 aliphatic rings. The van der Waals surface area contributed by atoms with Crippen molar-refractivity contribution in [1.82, 2.24) is 0 Å². The smallest absolute Gasteiger partial charge is 0.377 e. The van der Waals surface area contributed by atoms with E-state index in [0.29, 0.717) is 0 Å². The Hall–Kier alpha value is 0.0169. The number of hydrogen-bond donors (Lipinski definition) is 2. The van der Waals surface area contributed by atoms with Crippen LogP contribution in [0.25, 0.3) is 0 Å². The fourth-order valence-electron chi connectivity index (χ4n) is 1.47. The summed E-state index contributed by atoms with van der Waals surface area (Å²) in [4.78, 5) is 0. The third-order valence-corrected chi connectivity index (χ3v) is 5.88. The zero-order valence-electron chi connectivity index (χ0n) is 10.9. The standard InChI is InChI=1S/C10H25NO4Si/c1-9(10(2,11)12)7-6-8-16(13-3,14-4)15-5/h9,12H,6-8,11H2,1-5H3. The zero-order valence-corrected chi connectivity index (χ0v) is 11.9. The van der Waals surface area contributed by atoms with Crippen LogP contribution in [-0.2, 0) is 13.3 Å². The maximum absolute atomic E-state index is 9.58. The van der Waals surface area contributed by atoms with Crippen molar-refractivity contribution < 1.29 is 18.4 Å². The summed E-state index contributed by atoms with van der Waals surface area (Å²) in [5.41, 5.74) is 4.47. The summed E-state index contributed by atoms with van der Waals surface area (Å²) in [6.07, 6.45) is 1.67. The SMILES string of the molecule is CO[Si](CCCC(C)C(C)(N)O)(OC)OC. The molecular formula is C10H25NO4Si. The Kier molecular flexibility index (Phi) is 6.69. The minimum Gasteiger partial charge on any atom is -0.377 e. The van der Waals surface area contributed by atoms with Gasteiger partial charge in [-0.25, -0.2) is 0 Å². The van der Waals surface area contributed by atoms with E-state index < -0.39 is 14.5 Å². The number of nitrogens with two attached hydrogens (primary N) is 1. The van der Waals surface area contributed by atoms with Gasteiger partial charge in [0.05, 0.1) is 0 Å². The quantitative estimate of drug-likeness (QED) is 0.496. The third-order valence-electron chi connectivity index (χ3n) is 3.05. The lowest BCUT2D eigenvalue weighted by Crippen LogP contribution is -2.44. The average molecular weight is 251 g/mol. The van der Waals surface area contributed by atoms with E-state index in [4.69, 9.17) is 19.0 Å². The number of hydrogen-bond acceptors (Lipinski definition) is 5. The molecule has 0 radical (unpaired) electrons. The van der Waals surface area contributed by atoms with Gasteiger partial charge < -0.3 is 24.1 Å². The fourth-order valence-corrected chi connectivity index (χ4v) is 3.22. The normalized spacial score (nSPS) is 18.2. The van der Waals surface area contributed by atoms with Gasteiger partial charge in [-0.3, -0.25) is 0 Å². The lowest BCUT2D eigenvalue weighted by Gasteiger charge is -2.28. The minimum absolute atomic E-state index is 0.0322. The molecule has 3 N–H and O–H groups in total. The Morgan fingerprint density at radius 1 is 1.25 bits per heavy atom. The van der Waals surface area contributed by atoms with Gasteiger partial charge in [0.1, 0.15) is 5.72 Å². The van der Waals surface area contributed by atoms with Crippen LogP contribution in [0, 0.1) is 5.92 Å². The summed E-state index contributed by atoms with van der Waals surface area (Å²) in [6, 6.07) is 0.733. The van der Waals surface area contributed by atoms with Crippen LogP contribution in [0.1, 0.15) is 26.7 Å². The van der Waals surface area contributed by atoms with Crippen molar-refractivity contribution in [1.29, 1.82) is 0 Å². The van der Waals surface area contributed by atoms with Gasteiger partial charge in [0.15, 0.2) is 0 Å². The first-order valence-corrected chi connectivity index (χ1v) is 7.41. The molecule has 98 valence electrons. The highest BCUT2D eigenvalue weighted by atomic mass is 28.4. The van der Waals surface area contributed by atoms with Crippen molar-refractivity contribution >= 4 is 8.80 Å². The Balaban J connectivity index is 4.05. The first kappa shape index (κ1) is 16.0. The van der Waals surface area contributed by atoms with Crippen LogP contribution in [0.4, 0.5) is 0 Å². The first-order chi connectivity index (χ1) is 7.31. The highest BCUT2D eigenvalue weighted by Crippen LogP contribution is 2.22. The molecule has 0 amide bonds. The van der Waals surface area contributed by atoms with Crippen LogP contribution < -0.4 is 5.73 Å². The molecule has 0 aromatic rings. The molecule has 6 heteroatoms. The van der Waals surface area contributed by atoms with Gasteiger partial charge in [0, 0.05) is 27.4 Å². The van der Waals surface area contributed by atoms with Crippen LogP contribution in [0.15, 0.2) is 0 Å². The second-order valence-electron chi connectivity index (χ2n) is 4.31. The maximum atomic E-state index is 9.58. The minimum atomic E-state index is -2.47. The van der Waals surface area contributed by atoms with Gasteiger partial charge in [0.25, 0.3) is 0 Å². The molecule has 5 nitrogen and oxygen atoms in total. The predicted molar refractivity (Wildman–Crippen MR) is 64.8 cm³/mol. The van der Waals surface area contributed by atoms with Crippen molar-refractivity contribution in [3.8, 4) is 0 Å². The van der Waals surface area contributed by atoms with E-state index in [0.717, 1.165) is 18.9 Å². The Labute approximate surface area is 99.2 Å². The van der Waals surface area contributed by atoms with Gasteiger partial charge >= 0.3 is 8.80 Å². The van der Waals surface area contributed by atoms with E-state index in [1.165, 1.54) is 0 Å². The zero-order chi connectivity index (χ0) is 12.8. The summed E-state index contributed by atoms with van der Waals surface area (Å²) >= 11 is 0. The molecule has 2 atom stereocenters. The van der Waals surface area contributed by atoms with Crippen molar-refractivity contribution in [2.75, 3.05) is 21.3 Å². The first-order valence-electron chi connectivity index (χ1n) is 5.48. The molecule has 16 heavy (non-hydrogen) atoms. The molecular weight excluding hydrogens is 226 g/mol. The predicted octanol–water partition coefficient (Wildman–Crippen LogP) is 0.948. The maximum Gasteiger partial charge on any atom is 0.500 e. The summed E-state index contributed by atoms with van der Waals surface area (Å²) in [6.45, 7) is 3.54. The van der Waals surface area contributed by atoms with Gasteiger partial charge in [-0.2, -0.15) is 0 Å². The third kappa shape index (κ3) is 4.90.